The van der Waals surface area contributed by atoms with Gasteiger partial charge in [0.05, 0.1) is 18.3 Å². The highest BCUT2D eigenvalue weighted by atomic mass is 16.5. The van der Waals surface area contributed by atoms with Crippen LogP contribution in [0.25, 0.3) is 0 Å². The highest BCUT2D eigenvalue weighted by Gasteiger charge is 2.03. The lowest BCUT2D eigenvalue weighted by atomic mass is 10.2. The summed E-state index contributed by atoms with van der Waals surface area (Å²) in [7, 11) is 0. The lowest BCUT2D eigenvalue weighted by Gasteiger charge is -2.16. The van der Waals surface area contributed by atoms with E-state index in [2.05, 4.69) is 9.73 Å². The van der Waals surface area contributed by atoms with Gasteiger partial charge in [-0.25, -0.2) is 5.84 Å². The van der Waals surface area contributed by atoms with Crippen LogP contribution < -0.4 is 17.3 Å². The van der Waals surface area contributed by atoms with E-state index in [1.165, 1.54) is 11.2 Å². The SMILES string of the molecule is CC=CC(C)N=C/C(CN(N)/C=C(\N)COC=O)=C(\C)N. The standard InChI is InChI=1S/C14H25N5O2/c1-4-5-11(2)18-6-13(12(3)15)7-19(17)8-14(16)9-21-10-20/h4-6,8,10-11H,7,9,15-17H2,1-3H3/b5-4?,13-12-,14-8-,18-6?. The van der Waals surface area contributed by atoms with Crippen LogP contribution in [0.3, 0.4) is 0 Å². The topological polar surface area (TPSA) is 120 Å². The number of carbonyl (C=O) groups excluding carboxylic acids is 1. The van der Waals surface area contributed by atoms with E-state index in [-0.39, 0.29) is 12.6 Å². The van der Waals surface area contributed by atoms with Gasteiger partial charge >= 0.3 is 0 Å². The second-order valence-electron chi connectivity index (χ2n) is 4.54. The Labute approximate surface area is 125 Å². The predicted octanol–water partition coefficient (Wildman–Crippen LogP) is 0.403. The molecule has 0 aliphatic heterocycles. The van der Waals surface area contributed by atoms with Crippen molar-refractivity contribution in [1.29, 1.82) is 0 Å². The van der Waals surface area contributed by atoms with Gasteiger partial charge in [0.25, 0.3) is 6.47 Å². The Morgan fingerprint density at radius 2 is 2.10 bits per heavy atom. The normalized spacial score (nSPS) is 15.1. The summed E-state index contributed by atoms with van der Waals surface area (Å²) in [6.07, 6.45) is 7.09. The maximum Gasteiger partial charge on any atom is 0.293 e. The largest absolute Gasteiger partial charge is 0.461 e. The average molecular weight is 295 g/mol. The van der Waals surface area contributed by atoms with Crippen molar-refractivity contribution in [3.8, 4) is 0 Å². The molecule has 0 amide bonds. The quantitative estimate of drug-likeness (QED) is 0.186. The fourth-order valence-corrected chi connectivity index (χ4v) is 1.43. The van der Waals surface area contributed by atoms with E-state index >= 15 is 0 Å². The molecule has 0 saturated carbocycles. The highest BCUT2D eigenvalue weighted by molar-refractivity contribution is 5.80. The van der Waals surface area contributed by atoms with Gasteiger partial charge in [-0.2, -0.15) is 0 Å². The molecule has 0 aromatic carbocycles. The zero-order valence-corrected chi connectivity index (χ0v) is 12.8. The van der Waals surface area contributed by atoms with Crippen LogP contribution in [0.5, 0.6) is 0 Å². The summed E-state index contributed by atoms with van der Waals surface area (Å²) in [5, 5.41) is 1.36. The Balaban J connectivity index is 4.73. The summed E-state index contributed by atoms with van der Waals surface area (Å²) in [6.45, 7) is 6.34. The molecule has 0 fully saturated rings. The summed E-state index contributed by atoms with van der Waals surface area (Å²) in [6, 6.07) is 0.0668. The molecule has 0 aliphatic rings. The Bertz CT molecular complexity index is 437. The van der Waals surface area contributed by atoms with Crippen molar-refractivity contribution < 1.29 is 9.53 Å². The molecule has 118 valence electrons. The summed E-state index contributed by atoms with van der Waals surface area (Å²) < 4.78 is 4.53. The molecule has 0 aromatic heterocycles. The lowest BCUT2D eigenvalue weighted by molar-refractivity contribution is -0.127. The number of hydrazine groups is 1. The van der Waals surface area contributed by atoms with Gasteiger partial charge in [-0.3, -0.25) is 9.79 Å². The minimum atomic E-state index is -0.00965. The average Bonchev–Trinajstić information content (AvgIpc) is 2.41. The lowest BCUT2D eigenvalue weighted by Crippen LogP contribution is -2.30. The van der Waals surface area contributed by atoms with Crippen LogP contribution in [-0.2, 0) is 9.53 Å². The van der Waals surface area contributed by atoms with Gasteiger partial charge in [0, 0.05) is 23.7 Å². The molecule has 7 heteroatoms. The zero-order chi connectivity index (χ0) is 16.3. The first-order valence-electron chi connectivity index (χ1n) is 6.54. The summed E-state index contributed by atoms with van der Waals surface area (Å²) in [5.74, 6) is 5.82. The van der Waals surface area contributed by atoms with Crippen LogP contribution in [0, 0.1) is 0 Å². The molecule has 0 heterocycles. The van der Waals surface area contributed by atoms with Gasteiger partial charge in [0.2, 0.25) is 0 Å². The van der Waals surface area contributed by atoms with Gasteiger partial charge in [-0.15, -0.1) is 0 Å². The van der Waals surface area contributed by atoms with Gasteiger partial charge in [-0.1, -0.05) is 12.2 Å². The summed E-state index contributed by atoms with van der Waals surface area (Å²) in [5.41, 5.74) is 13.2. The van der Waals surface area contributed by atoms with E-state index < -0.39 is 0 Å². The first-order valence-corrected chi connectivity index (χ1v) is 6.54. The molecule has 6 N–H and O–H groups in total. The fourth-order valence-electron chi connectivity index (χ4n) is 1.43. The number of hydrogen-bond acceptors (Lipinski definition) is 7. The van der Waals surface area contributed by atoms with Crippen LogP contribution in [0.15, 0.2) is 40.3 Å². The zero-order valence-electron chi connectivity index (χ0n) is 12.8. The van der Waals surface area contributed by atoms with E-state index in [1.54, 1.807) is 13.1 Å². The molecule has 21 heavy (non-hydrogen) atoms. The third-order valence-corrected chi connectivity index (χ3v) is 2.45. The minimum absolute atomic E-state index is 0.00965. The van der Waals surface area contributed by atoms with Gasteiger partial charge in [-0.05, 0) is 20.8 Å². The second kappa shape index (κ2) is 10.5. The number of nitrogens with two attached hydrogens (primary N) is 3. The molecular formula is C14H25N5O2. The number of hydrogen-bond donors (Lipinski definition) is 3. The predicted molar refractivity (Wildman–Crippen MR) is 84.8 cm³/mol. The van der Waals surface area contributed by atoms with Crippen molar-refractivity contribution in [2.45, 2.75) is 26.8 Å². The number of ether oxygens (including phenoxy) is 1. The maximum absolute atomic E-state index is 10.1. The molecule has 0 spiro atoms. The van der Waals surface area contributed by atoms with E-state index in [1.807, 2.05) is 26.0 Å². The number of nitrogens with zero attached hydrogens (tertiary/aromatic N) is 2. The fraction of sp³-hybridized carbons (Fsp3) is 0.429. The number of allylic oxidation sites excluding steroid dienone is 2. The van der Waals surface area contributed by atoms with E-state index in [0.717, 1.165) is 5.57 Å². The van der Waals surface area contributed by atoms with Crippen molar-refractivity contribution >= 4 is 12.7 Å². The molecule has 0 aliphatic carbocycles. The first-order chi connectivity index (χ1) is 9.90. The van der Waals surface area contributed by atoms with E-state index in [0.29, 0.717) is 24.4 Å². The minimum Gasteiger partial charge on any atom is -0.461 e. The molecule has 7 nitrogen and oxygen atoms in total. The van der Waals surface area contributed by atoms with Crippen molar-refractivity contribution in [2.75, 3.05) is 13.2 Å². The van der Waals surface area contributed by atoms with E-state index in [4.69, 9.17) is 17.3 Å². The third kappa shape index (κ3) is 9.28. The Hall–Kier alpha value is -2.28. The monoisotopic (exact) mass is 295 g/mol. The second-order valence-corrected chi connectivity index (χ2v) is 4.54. The number of rotatable bonds is 9. The van der Waals surface area contributed by atoms with Crippen molar-refractivity contribution in [2.24, 2.45) is 22.3 Å². The van der Waals surface area contributed by atoms with Crippen LogP contribution in [0.4, 0.5) is 0 Å². The maximum atomic E-state index is 10.1. The van der Waals surface area contributed by atoms with Crippen molar-refractivity contribution in [1.82, 2.24) is 5.01 Å². The Morgan fingerprint density at radius 3 is 2.62 bits per heavy atom. The Morgan fingerprint density at radius 1 is 1.43 bits per heavy atom. The van der Waals surface area contributed by atoms with Crippen LogP contribution >= 0.6 is 0 Å². The van der Waals surface area contributed by atoms with Crippen LogP contribution in [-0.4, -0.2) is 36.9 Å². The molecular weight excluding hydrogens is 270 g/mol. The summed E-state index contributed by atoms with van der Waals surface area (Å²) in [4.78, 5) is 14.4. The number of aliphatic imine (C=N–C) groups is 1. The Kier molecular flexibility index (Phi) is 9.36. The smallest absolute Gasteiger partial charge is 0.293 e. The third-order valence-electron chi connectivity index (χ3n) is 2.45. The molecule has 0 rings (SSSR count). The van der Waals surface area contributed by atoms with Gasteiger partial charge in [0.1, 0.15) is 6.61 Å². The van der Waals surface area contributed by atoms with Crippen molar-refractivity contribution in [3.05, 3.63) is 35.3 Å². The molecule has 0 aromatic rings. The molecule has 1 atom stereocenters. The molecule has 0 radical (unpaired) electrons. The number of carbonyl (C=O) groups is 1. The highest BCUT2D eigenvalue weighted by Crippen LogP contribution is 2.01. The molecule has 0 bridgehead atoms. The van der Waals surface area contributed by atoms with Crippen LogP contribution in [0.2, 0.25) is 0 Å². The van der Waals surface area contributed by atoms with Crippen molar-refractivity contribution in [3.63, 3.8) is 0 Å². The van der Waals surface area contributed by atoms with Gasteiger partial charge < -0.3 is 21.2 Å². The summed E-state index contributed by atoms with van der Waals surface area (Å²) >= 11 is 0. The molecule has 0 saturated heterocycles. The van der Waals surface area contributed by atoms with Crippen LogP contribution in [0.1, 0.15) is 20.8 Å². The molecule has 1 unspecified atom stereocenters. The first kappa shape index (κ1) is 18.7. The van der Waals surface area contributed by atoms with E-state index in [9.17, 15) is 4.79 Å². The van der Waals surface area contributed by atoms with Gasteiger partial charge in [0.15, 0.2) is 0 Å².